The van der Waals surface area contributed by atoms with Crippen molar-refractivity contribution in [1.82, 2.24) is 9.88 Å². The van der Waals surface area contributed by atoms with E-state index in [-0.39, 0.29) is 17.6 Å². The number of hydrogen-bond acceptors (Lipinski definition) is 2. The summed E-state index contributed by atoms with van der Waals surface area (Å²) < 4.78 is 29.3. The molecule has 0 bridgehead atoms. The molecule has 0 saturated heterocycles. The van der Waals surface area contributed by atoms with Gasteiger partial charge in [0.25, 0.3) is 0 Å². The Morgan fingerprint density at radius 1 is 1.07 bits per heavy atom. The van der Waals surface area contributed by atoms with Crippen LogP contribution in [-0.4, -0.2) is 23.0 Å². The number of halogens is 2. The number of aromatic nitrogens is 1. The van der Waals surface area contributed by atoms with Gasteiger partial charge in [-0.15, -0.1) is 0 Å². The molecule has 1 aliphatic carbocycles. The summed E-state index contributed by atoms with van der Waals surface area (Å²) in [6.07, 6.45) is 9.84. The quantitative estimate of drug-likeness (QED) is 0.658. The first kappa shape index (κ1) is 18.0. The van der Waals surface area contributed by atoms with Crippen LogP contribution < -0.4 is 10.4 Å². The van der Waals surface area contributed by atoms with E-state index >= 15 is 0 Å². The number of nitrogens with zero attached hydrogens (tertiary/aromatic N) is 2. The summed E-state index contributed by atoms with van der Waals surface area (Å²) in [7, 11) is 0. The van der Waals surface area contributed by atoms with Crippen molar-refractivity contribution >= 4 is 23.1 Å². The smallest absolute Gasteiger partial charge is 0.149 e. The number of rotatable bonds is 3. The summed E-state index contributed by atoms with van der Waals surface area (Å²) in [6.45, 7) is 4.10. The van der Waals surface area contributed by atoms with Crippen LogP contribution in [0.4, 0.5) is 8.78 Å². The topological polar surface area (TPSA) is 16.1 Å². The molecule has 2 aliphatic rings. The fourth-order valence-electron chi connectivity index (χ4n) is 4.31. The van der Waals surface area contributed by atoms with E-state index in [0.717, 1.165) is 42.1 Å². The number of hydrogen-bond donors (Lipinski definition) is 0. The van der Waals surface area contributed by atoms with Crippen molar-refractivity contribution in [3.8, 4) is 11.3 Å². The molecule has 1 aromatic heterocycles. The maximum absolute atomic E-state index is 15.0. The highest BCUT2D eigenvalue weighted by Crippen LogP contribution is 2.30. The first-order valence-electron chi connectivity index (χ1n) is 10.2. The Balaban J connectivity index is 1.55. The largest absolute Gasteiger partial charge is 0.378 e. The zero-order valence-electron chi connectivity index (χ0n) is 16.3. The van der Waals surface area contributed by atoms with Crippen molar-refractivity contribution in [2.24, 2.45) is 0 Å². The minimum Gasteiger partial charge on any atom is -0.378 e. The second-order valence-electron chi connectivity index (χ2n) is 7.74. The van der Waals surface area contributed by atoms with Crippen molar-refractivity contribution in [2.45, 2.75) is 25.7 Å². The molecule has 0 saturated carbocycles. The molecular weight excluding hydrogens is 366 g/mol. The van der Waals surface area contributed by atoms with Gasteiger partial charge in [-0.05, 0) is 67.1 Å². The van der Waals surface area contributed by atoms with E-state index in [1.807, 2.05) is 36.4 Å². The summed E-state index contributed by atoms with van der Waals surface area (Å²) in [5, 5.41) is 2.30. The second-order valence-corrected chi connectivity index (χ2v) is 7.74. The molecule has 0 amide bonds. The van der Waals surface area contributed by atoms with Crippen LogP contribution in [0.15, 0.2) is 48.7 Å². The van der Waals surface area contributed by atoms with E-state index in [1.165, 1.54) is 6.07 Å². The second kappa shape index (κ2) is 7.11. The predicted octanol–water partition coefficient (Wildman–Crippen LogP) is 4.47. The van der Waals surface area contributed by atoms with Gasteiger partial charge in [-0.2, -0.15) is 0 Å². The van der Waals surface area contributed by atoms with Gasteiger partial charge < -0.3 is 4.90 Å². The Morgan fingerprint density at radius 3 is 2.76 bits per heavy atom. The van der Waals surface area contributed by atoms with Crippen molar-refractivity contribution < 1.29 is 8.78 Å². The van der Waals surface area contributed by atoms with Gasteiger partial charge in [0.1, 0.15) is 17.2 Å². The third-order valence-corrected chi connectivity index (χ3v) is 5.98. The van der Waals surface area contributed by atoms with Crippen molar-refractivity contribution in [1.29, 1.82) is 0 Å². The van der Waals surface area contributed by atoms with Crippen LogP contribution in [0.5, 0.6) is 0 Å². The zero-order chi connectivity index (χ0) is 20.0. The zero-order valence-corrected chi connectivity index (χ0v) is 16.3. The standard InChI is InChI=1S/C25H22F2N2/c1-2-29-10-8-16(9-11-29)19-13-18-6-7-24(28-25(18)23(27)14-19)20-12-17-4-3-5-21(17)22(26)15-20/h4-8,10,12-16H,2-3,9,11H2,1H3. The summed E-state index contributed by atoms with van der Waals surface area (Å²) in [6, 6.07) is 10.8. The lowest BCUT2D eigenvalue weighted by Gasteiger charge is -2.27. The molecule has 0 spiro atoms. The molecule has 29 heavy (non-hydrogen) atoms. The number of pyridine rings is 1. The average Bonchev–Trinajstić information content (AvgIpc) is 3.23. The Bertz CT molecular complexity index is 1260. The fraction of sp³-hybridized carbons (Fsp3) is 0.240. The van der Waals surface area contributed by atoms with Crippen LogP contribution in [0.3, 0.4) is 0 Å². The third-order valence-electron chi connectivity index (χ3n) is 5.98. The Kier molecular flexibility index (Phi) is 4.42. The van der Waals surface area contributed by atoms with Gasteiger partial charge in [-0.25, -0.2) is 13.8 Å². The Morgan fingerprint density at radius 2 is 1.97 bits per heavy atom. The monoisotopic (exact) mass is 388 g/mol. The molecule has 2 aromatic carbocycles. The average molecular weight is 388 g/mol. The summed E-state index contributed by atoms with van der Waals surface area (Å²) in [5.41, 5.74) is 2.57. The van der Waals surface area contributed by atoms with Crippen molar-refractivity contribution in [3.63, 3.8) is 0 Å². The van der Waals surface area contributed by atoms with Gasteiger partial charge in [-0.1, -0.05) is 24.3 Å². The molecule has 2 nitrogen and oxygen atoms in total. The van der Waals surface area contributed by atoms with Crippen LogP contribution >= 0.6 is 0 Å². The Labute approximate surface area is 168 Å². The lowest BCUT2D eigenvalue weighted by molar-refractivity contribution is 0.360. The van der Waals surface area contributed by atoms with Crippen molar-refractivity contribution in [3.05, 3.63) is 76.3 Å². The number of benzene rings is 2. The normalized spacial score (nSPS) is 17.9. The van der Waals surface area contributed by atoms with Gasteiger partial charge in [0.15, 0.2) is 0 Å². The fourth-order valence-corrected chi connectivity index (χ4v) is 4.31. The van der Waals surface area contributed by atoms with Gasteiger partial charge >= 0.3 is 0 Å². The van der Waals surface area contributed by atoms with E-state index in [0.29, 0.717) is 22.0 Å². The molecule has 1 aliphatic heterocycles. The summed E-state index contributed by atoms with van der Waals surface area (Å²) in [4.78, 5) is 6.79. The van der Waals surface area contributed by atoms with E-state index in [9.17, 15) is 8.78 Å². The first-order chi connectivity index (χ1) is 14.1. The molecule has 2 heterocycles. The lowest BCUT2D eigenvalue weighted by atomic mass is 9.92. The van der Waals surface area contributed by atoms with Crippen LogP contribution in [0.25, 0.3) is 34.3 Å². The van der Waals surface area contributed by atoms with Gasteiger partial charge in [-0.3, -0.25) is 0 Å². The molecule has 0 N–H and O–H groups in total. The maximum Gasteiger partial charge on any atom is 0.149 e. The predicted molar refractivity (Wildman–Crippen MR) is 114 cm³/mol. The van der Waals surface area contributed by atoms with E-state index in [2.05, 4.69) is 29.1 Å². The highest BCUT2D eigenvalue weighted by Gasteiger charge is 2.17. The summed E-state index contributed by atoms with van der Waals surface area (Å²) >= 11 is 0. The molecule has 3 aromatic rings. The van der Waals surface area contributed by atoms with E-state index in [4.69, 9.17) is 0 Å². The number of allylic oxidation sites excluding steroid dienone is 1. The molecule has 5 rings (SSSR count). The minimum absolute atomic E-state index is 0.217. The maximum atomic E-state index is 15.0. The van der Waals surface area contributed by atoms with Crippen LogP contribution in [0.2, 0.25) is 0 Å². The molecular formula is C25H22F2N2. The summed E-state index contributed by atoms with van der Waals surface area (Å²) in [5.74, 6) is -0.365. The SMILES string of the molecule is CCN1C=CC(c2cc(F)c3nc(-c4cc(F)c5c(c4)=CCC=5)ccc3c2)CC1. The van der Waals surface area contributed by atoms with Crippen LogP contribution in [0, 0.1) is 11.6 Å². The van der Waals surface area contributed by atoms with Crippen LogP contribution in [0.1, 0.15) is 31.2 Å². The highest BCUT2D eigenvalue weighted by molar-refractivity contribution is 5.83. The first-order valence-corrected chi connectivity index (χ1v) is 10.2. The highest BCUT2D eigenvalue weighted by atomic mass is 19.1. The van der Waals surface area contributed by atoms with E-state index in [1.54, 1.807) is 6.07 Å². The van der Waals surface area contributed by atoms with Crippen LogP contribution in [-0.2, 0) is 0 Å². The third kappa shape index (κ3) is 3.23. The molecule has 1 atom stereocenters. The van der Waals surface area contributed by atoms with Gasteiger partial charge in [0.05, 0.1) is 5.69 Å². The molecule has 1 unspecified atom stereocenters. The molecule has 146 valence electrons. The molecule has 0 radical (unpaired) electrons. The number of fused-ring (bicyclic) bond motifs is 2. The van der Waals surface area contributed by atoms with Gasteiger partial charge in [0.2, 0.25) is 0 Å². The molecule has 4 heteroatoms. The van der Waals surface area contributed by atoms with Crippen molar-refractivity contribution in [2.75, 3.05) is 13.1 Å². The Hall–Kier alpha value is -3.01. The van der Waals surface area contributed by atoms with Gasteiger partial charge in [0, 0.05) is 35.2 Å². The van der Waals surface area contributed by atoms with E-state index < -0.39 is 0 Å². The molecule has 0 fully saturated rings. The minimum atomic E-state index is -0.327. The lowest BCUT2D eigenvalue weighted by Crippen LogP contribution is -2.25.